The molecule has 2 fully saturated rings. The van der Waals surface area contributed by atoms with Crippen LogP contribution in [0.2, 0.25) is 0 Å². The van der Waals surface area contributed by atoms with E-state index in [1.165, 1.54) is 45.1 Å². The molecule has 3 rings (SSSR count). The number of unbranched alkanes of at least 4 members (excludes halogenated alkanes) is 1. The molecule has 1 aliphatic carbocycles. The molecule has 1 aliphatic heterocycles. The highest BCUT2D eigenvalue weighted by Gasteiger charge is 2.43. The second kappa shape index (κ2) is 16.2. The van der Waals surface area contributed by atoms with Crippen molar-refractivity contribution < 1.29 is 18.7 Å². The van der Waals surface area contributed by atoms with Crippen molar-refractivity contribution >= 4 is 11.9 Å². The zero-order chi connectivity index (χ0) is 28.1. The van der Waals surface area contributed by atoms with E-state index in [0.29, 0.717) is 38.6 Å². The van der Waals surface area contributed by atoms with Crippen molar-refractivity contribution in [3.05, 3.63) is 35.6 Å². The maximum absolute atomic E-state index is 14.5. The van der Waals surface area contributed by atoms with Crippen LogP contribution >= 0.6 is 0 Å². The maximum Gasteiger partial charge on any atom is 0.317 e. The molecule has 39 heavy (non-hydrogen) atoms. The third-order valence-corrected chi connectivity index (χ3v) is 8.58. The van der Waals surface area contributed by atoms with Gasteiger partial charge in [-0.05, 0) is 76.1 Å². The van der Waals surface area contributed by atoms with E-state index in [2.05, 4.69) is 16.0 Å². The molecule has 1 aromatic carbocycles. The molecule has 3 unspecified atom stereocenters. The molecule has 1 saturated carbocycles. The van der Waals surface area contributed by atoms with E-state index in [1.54, 1.807) is 12.1 Å². The van der Waals surface area contributed by atoms with Crippen molar-refractivity contribution in [3.63, 3.8) is 0 Å². The fourth-order valence-corrected chi connectivity index (χ4v) is 6.75. The van der Waals surface area contributed by atoms with Gasteiger partial charge in [-0.15, -0.1) is 0 Å². The van der Waals surface area contributed by atoms with E-state index in [-0.39, 0.29) is 29.7 Å². The number of piperidine rings is 1. The van der Waals surface area contributed by atoms with Crippen LogP contribution in [0.5, 0.6) is 0 Å². The molecule has 7 nitrogen and oxygen atoms in total. The van der Waals surface area contributed by atoms with Gasteiger partial charge in [0, 0.05) is 51.7 Å². The summed E-state index contributed by atoms with van der Waals surface area (Å²) in [5.41, 5.74) is 0.0118. The Morgan fingerprint density at radius 3 is 2.64 bits per heavy atom. The molecule has 0 spiro atoms. The standard InChI is InChI=1S/C31H51FN4O3/c1-4-39-19-9-8-17-31(35-24(2)37,26-14-10-16-28(32)21-26)27-15-11-18-36(23-27)30(38)34-29(22-33-3)20-25-12-6-5-7-13-25/h10,14,16,21,25,27,29,33H,4-9,11-13,15,17-20,22-23H2,1-3H3,(H,34,38)(H,35,37). The molecule has 8 heteroatoms. The summed E-state index contributed by atoms with van der Waals surface area (Å²) in [5.74, 6) is 0.172. The minimum Gasteiger partial charge on any atom is -0.382 e. The Kier molecular flexibility index (Phi) is 13.0. The highest BCUT2D eigenvalue weighted by atomic mass is 19.1. The van der Waals surface area contributed by atoms with E-state index < -0.39 is 5.54 Å². The number of ether oxygens (including phenoxy) is 1. The van der Waals surface area contributed by atoms with Crippen LogP contribution in [0.1, 0.15) is 90.0 Å². The molecular weight excluding hydrogens is 495 g/mol. The van der Waals surface area contributed by atoms with Crippen molar-refractivity contribution in [1.29, 1.82) is 0 Å². The van der Waals surface area contributed by atoms with E-state index >= 15 is 0 Å². The SMILES string of the molecule is CCOCCCCC(NC(C)=O)(c1cccc(F)c1)C1CCCN(C(=O)NC(CNC)CC2CCCCC2)C1. The number of rotatable bonds is 14. The van der Waals surface area contributed by atoms with Gasteiger partial charge in [0.25, 0.3) is 0 Å². The van der Waals surface area contributed by atoms with Crippen molar-refractivity contribution in [2.24, 2.45) is 11.8 Å². The van der Waals surface area contributed by atoms with Crippen molar-refractivity contribution in [2.45, 2.75) is 96.1 Å². The van der Waals surface area contributed by atoms with Crippen molar-refractivity contribution in [3.8, 4) is 0 Å². The number of halogens is 1. The number of hydrogen-bond acceptors (Lipinski definition) is 4. The van der Waals surface area contributed by atoms with Crippen LogP contribution in [0.15, 0.2) is 24.3 Å². The minimum absolute atomic E-state index is 0.0316. The Balaban J connectivity index is 1.78. The number of carbonyl (C=O) groups excluding carboxylic acids is 2. The summed E-state index contributed by atoms with van der Waals surface area (Å²) in [6, 6.07) is 6.66. The summed E-state index contributed by atoms with van der Waals surface area (Å²) in [7, 11) is 1.93. The number of amides is 3. The average molecular weight is 547 g/mol. The summed E-state index contributed by atoms with van der Waals surface area (Å²) in [4.78, 5) is 28.1. The van der Waals surface area contributed by atoms with Crippen LogP contribution in [0, 0.1) is 17.7 Å². The van der Waals surface area contributed by atoms with Gasteiger partial charge in [-0.1, -0.05) is 44.2 Å². The number of likely N-dealkylation sites (N-methyl/N-ethyl adjacent to an activating group) is 1. The summed E-state index contributed by atoms with van der Waals surface area (Å²) in [5, 5.41) is 9.84. The largest absolute Gasteiger partial charge is 0.382 e. The Morgan fingerprint density at radius 1 is 1.15 bits per heavy atom. The molecule has 220 valence electrons. The summed E-state index contributed by atoms with van der Waals surface area (Å²) >= 11 is 0. The quantitative estimate of drug-likeness (QED) is 0.275. The Morgan fingerprint density at radius 2 is 1.95 bits per heavy atom. The number of carbonyl (C=O) groups is 2. The monoisotopic (exact) mass is 546 g/mol. The highest BCUT2D eigenvalue weighted by molar-refractivity contribution is 5.75. The second-order valence-electron chi connectivity index (χ2n) is 11.5. The number of nitrogens with zero attached hydrogens (tertiary/aromatic N) is 1. The molecular formula is C31H51FN4O3. The molecule has 2 aliphatic rings. The van der Waals surface area contributed by atoms with Gasteiger partial charge < -0.3 is 25.6 Å². The number of urea groups is 1. The molecule has 0 radical (unpaired) electrons. The van der Waals surface area contributed by atoms with Crippen molar-refractivity contribution in [1.82, 2.24) is 20.9 Å². The highest BCUT2D eigenvalue weighted by Crippen LogP contribution is 2.40. The third-order valence-electron chi connectivity index (χ3n) is 8.58. The van der Waals surface area contributed by atoms with Crippen LogP contribution in [-0.2, 0) is 15.1 Å². The predicted molar refractivity (Wildman–Crippen MR) is 154 cm³/mol. The molecule has 3 atom stereocenters. The maximum atomic E-state index is 14.5. The van der Waals surface area contributed by atoms with Crippen LogP contribution in [-0.4, -0.2) is 62.8 Å². The van der Waals surface area contributed by atoms with Gasteiger partial charge in [0.1, 0.15) is 5.82 Å². The van der Waals surface area contributed by atoms with Crippen molar-refractivity contribution in [2.75, 3.05) is 39.9 Å². The zero-order valence-electron chi connectivity index (χ0n) is 24.4. The lowest BCUT2D eigenvalue weighted by Crippen LogP contribution is -2.58. The van der Waals surface area contributed by atoms with Gasteiger partial charge in [0.05, 0.1) is 5.54 Å². The zero-order valence-corrected chi connectivity index (χ0v) is 24.4. The molecule has 0 bridgehead atoms. The summed E-state index contributed by atoms with van der Waals surface area (Å²) in [6.07, 6.45) is 11.4. The molecule has 1 heterocycles. The Labute approximate surface area is 235 Å². The number of likely N-dealkylation sites (tertiary alicyclic amines) is 1. The first-order valence-electron chi connectivity index (χ1n) is 15.2. The molecule has 1 saturated heterocycles. The number of nitrogens with one attached hydrogen (secondary N) is 3. The van der Waals surface area contributed by atoms with Gasteiger partial charge in [0.15, 0.2) is 0 Å². The summed E-state index contributed by atoms with van der Waals surface area (Å²) in [6.45, 7) is 6.77. The Bertz CT molecular complexity index is 894. The molecule has 1 aromatic rings. The smallest absolute Gasteiger partial charge is 0.317 e. The molecule has 0 aromatic heterocycles. The fraction of sp³-hybridized carbons (Fsp3) is 0.742. The van der Waals surface area contributed by atoms with Gasteiger partial charge in [-0.2, -0.15) is 0 Å². The van der Waals surface area contributed by atoms with Crippen LogP contribution in [0.3, 0.4) is 0 Å². The lowest BCUT2D eigenvalue weighted by Gasteiger charge is -2.46. The van der Waals surface area contributed by atoms with Gasteiger partial charge >= 0.3 is 6.03 Å². The predicted octanol–water partition coefficient (Wildman–Crippen LogP) is 5.34. The van der Waals surface area contributed by atoms with Gasteiger partial charge in [0.2, 0.25) is 5.91 Å². The first kappa shape index (κ1) is 31.3. The van der Waals surface area contributed by atoms with Gasteiger partial charge in [-0.25, -0.2) is 9.18 Å². The first-order chi connectivity index (χ1) is 18.9. The normalized spacial score (nSPS) is 20.7. The fourth-order valence-electron chi connectivity index (χ4n) is 6.75. The number of hydrogen-bond donors (Lipinski definition) is 3. The minimum atomic E-state index is -0.758. The average Bonchev–Trinajstić information content (AvgIpc) is 2.93. The van der Waals surface area contributed by atoms with E-state index in [0.717, 1.165) is 44.2 Å². The third kappa shape index (κ3) is 9.45. The second-order valence-corrected chi connectivity index (χ2v) is 11.5. The summed E-state index contributed by atoms with van der Waals surface area (Å²) < 4.78 is 20.0. The van der Waals surface area contributed by atoms with E-state index in [1.807, 2.05) is 24.9 Å². The van der Waals surface area contributed by atoms with Crippen LogP contribution in [0.25, 0.3) is 0 Å². The van der Waals surface area contributed by atoms with Crippen LogP contribution < -0.4 is 16.0 Å². The Hall–Kier alpha value is -2.19. The molecule has 3 N–H and O–H groups in total. The van der Waals surface area contributed by atoms with Gasteiger partial charge in [-0.3, -0.25) is 4.79 Å². The lowest BCUT2D eigenvalue weighted by molar-refractivity contribution is -0.122. The first-order valence-corrected chi connectivity index (χ1v) is 15.2. The topological polar surface area (TPSA) is 82.7 Å². The molecule has 3 amide bonds. The lowest BCUT2D eigenvalue weighted by atomic mass is 9.71. The van der Waals surface area contributed by atoms with E-state index in [4.69, 9.17) is 4.74 Å². The van der Waals surface area contributed by atoms with E-state index in [9.17, 15) is 14.0 Å². The number of benzene rings is 1. The van der Waals surface area contributed by atoms with Crippen LogP contribution in [0.4, 0.5) is 9.18 Å².